The lowest BCUT2D eigenvalue weighted by Gasteiger charge is -2.55. The Morgan fingerprint density at radius 2 is 1.67 bits per heavy atom. The molecule has 0 radical (unpaired) electrons. The molecule has 1 heterocycles. The zero-order chi connectivity index (χ0) is 28.7. The van der Waals surface area contributed by atoms with Gasteiger partial charge < -0.3 is 14.9 Å². The van der Waals surface area contributed by atoms with Crippen molar-refractivity contribution < 1.29 is 24.5 Å². The Labute approximate surface area is 233 Å². The fraction of sp³-hybridized carbons (Fsp3) is 0.647. The topological polar surface area (TPSA) is 83.8 Å². The van der Waals surface area contributed by atoms with E-state index in [0.717, 1.165) is 36.0 Å². The highest BCUT2D eigenvalue weighted by atomic mass is 16.6. The van der Waals surface area contributed by atoms with Crippen LogP contribution in [0.5, 0.6) is 0 Å². The molecular weight excluding hydrogens is 488 g/mol. The van der Waals surface area contributed by atoms with Gasteiger partial charge in [-0.1, -0.05) is 67.4 Å². The first kappa shape index (κ1) is 28.1. The van der Waals surface area contributed by atoms with Gasteiger partial charge in [0, 0.05) is 23.7 Å². The first-order valence-electron chi connectivity index (χ1n) is 14.8. The second-order valence-electron chi connectivity index (χ2n) is 13.9. The van der Waals surface area contributed by atoms with Crippen LogP contribution < -0.4 is 0 Å². The zero-order valence-corrected chi connectivity index (χ0v) is 24.9. The Balaban J connectivity index is 1.82. The average Bonchev–Trinajstić information content (AvgIpc) is 3.09. The summed E-state index contributed by atoms with van der Waals surface area (Å²) in [5, 5.41) is 23.5. The first-order chi connectivity index (χ1) is 18.2. The number of aliphatic hydroxyl groups excluding tert-OH is 2. The number of hydrogen-bond acceptors (Lipinski definition) is 5. The Hall–Kier alpha value is -2.40. The molecule has 1 saturated carbocycles. The molecule has 5 nitrogen and oxygen atoms in total. The Bertz CT molecular complexity index is 1260. The fourth-order valence-electron chi connectivity index (χ4n) is 9.27. The van der Waals surface area contributed by atoms with E-state index in [9.17, 15) is 19.8 Å². The van der Waals surface area contributed by atoms with Gasteiger partial charge in [-0.2, -0.15) is 0 Å². The molecule has 1 aliphatic heterocycles. The Kier molecular flexibility index (Phi) is 6.73. The van der Waals surface area contributed by atoms with Crippen LogP contribution in [0.4, 0.5) is 0 Å². The number of ketones is 1. The number of fused-ring (bicyclic) bond motifs is 4. The van der Waals surface area contributed by atoms with E-state index in [0.29, 0.717) is 12.8 Å². The van der Waals surface area contributed by atoms with Crippen LogP contribution in [0.25, 0.3) is 0 Å². The third-order valence-electron chi connectivity index (χ3n) is 11.2. The van der Waals surface area contributed by atoms with Gasteiger partial charge in [-0.05, 0) is 78.1 Å². The minimum Gasteiger partial charge on any atom is -0.511 e. The van der Waals surface area contributed by atoms with Gasteiger partial charge in [0.15, 0.2) is 5.60 Å². The van der Waals surface area contributed by atoms with Gasteiger partial charge in [-0.25, -0.2) is 4.79 Å². The largest absolute Gasteiger partial charge is 0.511 e. The average molecular weight is 535 g/mol. The van der Waals surface area contributed by atoms with E-state index in [1.165, 1.54) is 5.57 Å². The highest BCUT2D eigenvalue weighted by Crippen LogP contribution is 2.62. The highest BCUT2D eigenvalue weighted by Gasteiger charge is 2.66. The molecule has 0 aromatic heterocycles. The zero-order valence-electron chi connectivity index (χ0n) is 24.9. The van der Waals surface area contributed by atoms with Gasteiger partial charge in [0.1, 0.15) is 11.3 Å². The van der Waals surface area contributed by atoms with E-state index in [1.807, 2.05) is 13.8 Å². The summed E-state index contributed by atoms with van der Waals surface area (Å²) in [4.78, 5) is 28.4. The molecule has 212 valence electrons. The van der Waals surface area contributed by atoms with E-state index in [1.54, 1.807) is 0 Å². The second-order valence-corrected chi connectivity index (χ2v) is 13.9. The van der Waals surface area contributed by atoms with Crippen LogP contribution in [0.1, 0.15) is 87.5 Å². The first-order valence-corrected chi connectivity index (χ1v) is 14.8. The SMILES string of the molecule is CC1=C[C@@]2(C)/C=C(\C)CC/C=C(\C)[C@@H]3C(C)=C[C@H]4[C@@H]([C@@H](C)CC[C@@H]4O)[C@]3(C)C(O)=C3C(=O)O[C@]2(C[C@H]1C)C3=O. The van der Waals surface area contributed by atoms with Crippen molar-refractivity contribution in [2.24, 2.45) is 40.4 Å². The van der Waals surface area contributed by atoms with Crippen LogP contribution in [0.3, 0.4) is 0 Å². The van der Waals surface area contributed by atoms with Crippen molar-refractivity contribution in [1.82, 2.24) is 0 Å². The molecule has 4 aliphatic carbocycles. The van der Waals surface area contributed by atoms with E-state index in [-0.39, 0.29) is 40.9 Å². The summed E-state index contributed by atoms with van der Waals surface area (Å²) in [6.45, 7) is 16.6. The summed E-state index contributed by atoms with van der Waals surface area (Å²) in [6, 6.07) is 0. The van der Waals surface area contributed by atoms with Gasteiger partial charge >= 0.3 is 5.97 Å². The van der Waals surface area contributed by atoms with Crippen LogP contribution in [0.15, 0.2) is 57.9 Å². The van der Waals surface area contributed by atoms with Crippen molar-refractivity contribution in [3.05, 3.63) is 57.9 Å². The number of ether oxygens (including phenoxy) is 1. The van der Waals surface area contributed by atoms with Gasteiger partial charge in [0.25, 0.3) is 0 Å². The summed E-state index contributed by atoms with van der Waals surface area (Å²) < 4.78 is 6.20. The fourth-order valence-corrected chi connectivity index (χ4v) is 9.27. The van der Waals surface area contributed by atoms with Crippen molar-refractivity contribution in [3.63, 3.8) is 0 Å². The second kappa shape index (κ2) is 9.33. The third kappa shape index (κ3) is 3.89. The minimum absolute atomic E-state index is 0.0608. The van der Waals surface area contributed by atoms with Crippen LogP contribution in [-0.2, 0) is 14.3 Å². The molecule has 1 saturated heterocycles. The summed E-state index contributed by atoms with van der Waals surface area (Å²) in [5.74, 6) is -1.51. The van der Waals surface area contributed by atoms with Crippen molar-refractivity contribution in [2.45, 2.75) is 99.2 Å². The van der Waals surface area contributed by atoms with Crippen LogP contribution in [0, 0.1) is 40.4 Å². The van der Waals surface area contributed by atoms with E-state index < -0.39 is 34.3 Å². The minimum atomic E-state index is -1.40. The molecule has 0 amide bonds. The van der Waals surface area contributed by atoms with Crippen LogP contribution >= 0.6 is 0 Å². The summed E-state index contributed by atoms with van der Waals surface area (Å²) in [5.41, 5.74) is 1.15. The maximum Gasteiger partial charge on any atom is 0.346 e. The molecule has 9 atom stereocenters. The van der Waals surface area contributed by atoms with E-state index in [2.05, 4.69) is 65.8 Å². The molecule has 0 unspecified atom stereocenters. The summed E-state index contributed by atoms with van der Waals surface area (Å²) in [7, 11) is 0. The van der Waals surface area contributed by atoms with E-state index >= 15 is 0 Å². The molecule has 5 aliphatic rings. The number of esters is 1. The maximum atomic E-state index is 14.6. The number of allylic oxidation sites excluding steroid dienone is 6. The number of hydrogen-bond donors (Lipinski definition) is 2. The molecule has 1 spiro atoms. The van der Waals surface area contributed by atoms with E-state index in [4.69, 9.17) is 4.74 Å². The number of carbonyl (C=O) groups is 2. The van der Waals surface area contributed by atoms with Crippen LogP contribution in [0.2, 0.25) is 0 Å². The molecule has 0 aromatic carbocycles. The quantitative estimate of drug-likeness (QED) is 0.200. The standard InChI is InChI=1S/C34H46O5/c1-18-10-9-11-19(2)27-21(4)14-24-25(35)13-12-20(3)28(24)33(27,8)29(36)26-30(37)34(39-31(26)38)17-23(6)22(5)16-32(34,7)15-18/h11,14-16,20,23-25,27-28,35-36H,9-10,12-13,17H2,1-8H3/b18-15+,19-11+,29-26?/t20-,23+,24+,25-,27+,28+,32+,33+,34+/m0/s1. The maximum absolute atomic E-state index is 14.6. The lowest BCUT2D eigenvalue weighted by atomic mass is 9.49. The van der Waals surface area contributed by atoms with Crippen molar-refractivity contribution in [1.29, 1.82) is 0 Å². The number of aliphatic hydroxyl groups is 2. The van der Waals surface area contributed by atoms with Gasteiger partial charge in [-0.3, -0.25) is 4.79 Å². The van der Waals surface area contributed by atoms with Gasteiger partial charge in [0.05, 0.1) is 11.5 Å². The molecule has 2 fully saturated rings. The summed E-state index contributed by atoms with van der Waals surface area (Å²) in [6.07, 6.45) is 11.7. The summed E-state index contributed by atoms with van der Waals surface area (Å²) >= 11 is 0. The molecule has 5 rings (SSSR count). The normalized spacial score (nSPS) is 47.4. The lowest BCUT2D eigenvalue weighted by molar-refractivity contribution is -0.162. The third-order valence-corrected chi connectivity index (χ3v) is 11.2. The highest BCUT2D eigenvalue weighted by molar-refractivity contribution is 6.26. The smallest absolute Gasteiger partial charge is 0.346 e. The van der Waals surface area contributed by atoms with Crippen molar-refractivity contribution in [3.8, 4) is 0 Å². The van der Waals surface area contributed by atoms with Gasteiger partial charge in [-0.15, -0.1) is 0 Å². The number of rotatable bonds is 0. The van der Waals surface area contributed by atoms with Gasteiger partial charge in [0.2, 0.25) is 5.78 Å². The molecule has 2 N–H and O–H groups in total. The molecular formula is C34H46O5. The number of carbonyl (C=O) groups excluding carboxylic acids is 2. The monoisotopic (exact) mass is 534 g/mol. The lowest BCUT2D eigenvalue weighted by Crippen LogP contribution is -2.54. The Morgan fingerprint density at radius 1 is 0.974 bits per heavy atom. The number of Topliss-reactive ketones (excluding diaryl/α,β-unsaturated/α-hetero) is 1. The molecule has 2 bridgehead atoms. The van der Waals surface area contributed by atoms with Crippen LogP contribution in [-0.4, -0.2) is 33.7 Å². The predicted octanol–water partition coefficient (Wildman–Crippen LogP) is 6.95. The predicted molar refractivity (Wildman–Crippen MR) is 153 cm³/mol. The molecule has 39 heavy (non-hydrogen) atoms. The molecule has 0 aromatic rings. The Morgan fingerprint density at radius 3 is 2.36 bits per heavy atom. The molecule has 5 heteroatoms. The van der Waals surface area contributed by atoms with Crippen molar-refractivity contribution in [2.75, 3.05) is 0 Å². The van der Waals surface area contributed by atoms with Crippen molar-refractivity contribution >= 4 is 11.8 Å².